The molecule has 0 fully saturated rings. The summed E-state index contributed by atoms with van der Waals surface area (Å²) in [6, 6.07) is 9.17. The van der Waals surface area contributed by atoms with Crippen LogP contribution in [-0.2, 0) is 11.3 Å². The fraction of sp³-hybridized carbons (Fsp3) is 0.263. The van der Waals surface area contributed by atoms with Gasteiger partial charge in [0, 0.05) is 36.6 Å². The van der Waals surface area contributed by atoms with Crippen molar-refractivity contribution in [3.8, 4) is 0 Å². The highest BCUT2D eigenvalue weighted by Crippen LogP contribution is 2.12. The van der Waals surface area contributed by atoms with Gasteiger partial charge in [-0.05, 0) is 31.5 Å². The van der Waals surface area contributed by atoms with Crippen molar-refractivity contribution in [3.05, 3.63) is 64.3 Å². The molecule has 0 aliphatic carbocycles. The Hall–Kier alpha value is -3.22. The second kappa shape index (κ2) is 7.77. The van der Waals surface area contributed by atoms with Crippen molar-refractivity contribution in [2.45, 2.75) is 20.4 Å². The SMILES string of the molecule is Cc1cnccc1NCCNC(=O)Cn1nc(C)c2ccccc2c1=O. The normalized spacial score (nSPS) is 10.7. The van der Waals surface area contributed by atoms with Crippen molar-refractivity contribution < 1.29 is 4.79 Å². The molecule has 0 spiro atoms. The first-order chi connectivity index (χ1) is 12.6. The van der Waals surface area contributed by atoms with Crippen LogP contribution in [0.25, 0.3) is 10.8 Å². The summed E-state index contributed by atoms with van der Waals surface area (Å²) in [5.74, 6) is -0.248. The van der Waals surface area contributed by atoms with E-state index < -0.39 is 0 Å². The molecule has 0 saturated heterocycles. The average Bonchev–Trinajstić information content (AvgIpc) is 2.64. The Morgan fingerprint density at radius 3 is 2.65 bits per heavy atom. The Morgan fingerprint density at radius 2 is 1.88 bits per heavy atom. The third-order valence-electron chi connectivity index (χ3n) is 4.13. The second-order valence-corrected chi connectivity index (χ2v) is 6.06. The summed E-state index contributed by atoms with van der Waals surface area (Å²) < 4.78 is 1.22. The van der Waals surface area contributed by atoms with Gasteiger partial charge in [-0.1, -0.05) is 18.2 Å². The summed E-state index contributed by atoms with van der Waals surface area (Å²) in [5, 5.41) is 11.7. The number of nitrogens with zero attached hydrogens (tertiary/aromatic N) is 3. The minimum Gasteiger partial charge on any atom is -0.383 e. The minimum atomic E-state index is -0.258. The molecule has 2 N–H and O–H groups in total. The van der Waals surface area contributed by atoms with Crippen molar-refractivity contribution in [3.63, 3.8) is 0 Å². The molecule has 2 heterocycles. The third-order valence-corrected chi connectivity index (χ3v) is 4.13. The van der Waals surface area contributed by atoms with Crippen LogP contribution in [0.5, 0.6) is 0 Å². The number of aromatic nitrogens is 3. The monoisotopic (exact) mass is 351 g/mol. The minimum absolute atomic E-state index is 0.0984. The van der Waals surface area contributed by atoms with E-state index in [1.165, 1.54) is 4.68 Å². The predicted molar refractivity (Wildman–Crippen MR) is 101 cm³/mol. The number of carbonyl (C=O) groups is 1. The van der Waals surface area contributed by atoms with Crippen LogP contribution in [0.1, 0.15) is 11.3 Å². The van der Waals surface area contributed by atoms with Gasteiger partial charge in [0.25, 0.3) is 5.56 Å². The van der Waals surface area contributed by atoms with Crippen LogP contribution < -0.4 is 16.2 Å². The number of pyridine rings is 1. The molecule has 3 rings (SSSR count). The Labute approximate surface area is 151 Å². The zero-order chi connectivity index (χ0) is 18.5. The van der Waals surface area contributed by atoms with E-state index in [4.69, 9.17) is 0 Å². The van der Waals surface area contributed by atoms with E-state index >= 15 is 0 Å². The number of benzene rings is 1. The molecule has 7 heteroatoms. The van der Waals surface area contributed by atoms with Crippen molar-refractivity contribution in [1.82, 2.24) is 20.1 Å². The summed E-state index contributed by atoms with van der Waals surface area (Å²) in [6.07, 6.45) is 3.50. The molecular weight excluding hydrogens is 330 g/mol. The van der Waals surface area contributed by atoms with Gasteiger partial charge in [0.05, 0.1) is 11.1 Å². The van der Waals surface area contributed by atoms with Crippen molar-refractivity contribution in [2.75, 3.05) is 18.4 Å². The number of amides is 1. The highest BCUT2D eigenvalue weighted by Gasteiger charge is 2.10. The van der Waals surface area contributed by atoms with Gasteiger partial charge in [-0.3, -0.25) is 14.6 Å². The number of aryl methyl sites for hydroxylation is 2. The number of anilines is 1. The van der Waals surface area contributed by atoms with E-state index in [2.05, 4.69) is 20.7 Å². The fourth-order valence-electron chi connectivity index (χ4n) is 2.77. The lowest BCUT2D eigenvalue weighted by molar-refractivity contribution is -0.121. The topological polar surface area (TPSA) is 88.9 Å². The number of rotatable bonds is 6. The zero-order valence-electron chi connectivity index (χ0n) is 14.8. The quantitative estimate of drug-likeness (QED) is 0.659. The Balaban J connectivity index is 1.59. The van der Waals surface area contributed by atoms with Gasteiger partial charge in [-0.25, -0.2) is 4.68 Å². The van der Waals surface area contributed by atoms with Crippen LogP contribution in [-0.4, -0.2) is 33.8 Å². The molecule has 2 aromatic heterocycles. The highest BCUT2D eigenvalue weighted by atomic mass is 16.2. The Kier molecular flexibility index (Phi) is 5.26. The molecule has 134 valence electrons. The smallest absolute Gasteiger partial charge is 0.275 e. The maximum Gasteiger partial charge on any atom is 0.275 e. The van der Waals surface area contributed by atoms with Crippen LogP contribution in [0.2, 0.25) is 0 Å². The number of hydrogen-bond donors (Lipinski definition) is 2. The first kappa shape index (κ1) is 17.6. The first-order valence-corrected chi connectivity index (χ1v) is 8.44. The lowest BCUT2D eigenvalue weighted by Gasteiger charge is -2.11. The molecule has 0 aliphatic heterocycles. The van der Waals surface area contributed by atoms with E-state index in [1.54, 1.807) is 24.5 Å². The van der Waals surface area contributed by atoms with Crippen LogP contribution >= 0.6 is 0 Å². The van der Waals surface area contributed by atoms with Crippen molar-refractivity contribution in [1.29, 1.82) is 0 Å². The lowest BCUT2D eigenvalue weighted by atomic mass is 10.1. The Morgan fingerprint density at radius 1 is 1.12 bits per heavy atom. The molecule has 0 unspecified atom stereocenters. The molecule has 26 heavy (non-hydrogen) atoms. The second-order valence-electron chi connectivity index (χ2n) is 6.06. The summed E-state index contributed by atoms with van der Waals surface area (Å²) in [6.45, 7) is 4.72. The molecule has 0 saturated carbocycles. The maximum absolute atomic E-state index is 12.5. The van der Waals surface area contributed by atoms with Crippen molar-refractivity contribution >= 4 is 22.4 Å². The molecule has 3 aromatic rings. The molecule has 0 atom stereocenters. The van der Waals surface area contributed by atoms with Gasteiger partial charge in [-0.2, -0.15) is 5.10 Å². The van der Waals surface area contributed by atoms with Gasteiger partial charge in [0.1, 0.15) is 6.54 Å². The van der Waals surface area contributed by atoms with Crippen LogP contribution in [0.3, 0.4) is 0 Å². The molecule has 7 nitrogen and oxygen atoms in total. The molecule has 1 aromatic carbocycles. The van der Waals surface area contributed by atoms with Crippen LogP contribution in [0, 0.1) is 13.8 Å². The third kappa shape index (κ3) is 3.88. The number of nitrogens with one attached hydrogen (secondary N) is 2. The molecule has 0 aliphatic rings. The average molecular weight is 351 g/mol. The number of hydrogen-bond acceptors (Lipinski definition) is 5. The largest absolute Gasteiger partial charge is 0.383 e. The lowest BCUT2D eigenvalue weighted by Crippen LogP contribution is -2.36. The van der Waals surface area contributed by atoms with Gasteiger partial charge < -0.3 is 10.6 Å². The molecular formula is C19H21N5O2. The molecule has 0 bridgehead atoms. The number of carbonyl (C=O) groups excluding carboxylic acids is 1. The zero-order valence-corrected chi connectivity index (χ0v) is 14.8. The predicted octanol–water partition coefficient (Wildman–Crippen LogP) is 1.64. The summed E-state index contributed by atoms with van der Waals surface area (Å²) in [4.78, 5) is 28.6. The van der Waals surface area contributed by atoms with E-state index in [0.29, 0.717) is 18.5 Å². The van der Waals surface area contributed by atoms with E-state index in [9.17, 15) is 9.59 Å². The van der Waals surface area contributed by atoms with E-state index in [1.807, 2.05) is 32.0 Å². The van der Waals surface area contributed by atoms with Crippen molar-refractivity contribution in [2.24, 2.45) is 0 Å². The standard InChI is InChI=1S/C19H21N5O2/c1-13-11-20-8-7-17(13)21-9-10-22-18(25)12-24-19(26)16-6-4-3-5-15(16)14(2)23-24/h3-8,11H,9-10,12H2,1-2H3,(H,20,21)(H,22,25). The van der Waals surface area contributed by atoms with E-state index in [0.717, 1.165) is 22.3 Å². The van der Waals surface area contributed by atoms with Crippen LogP contribution in [0.15, 0.2) is 47.5 Å². The fourth-order valence-corrected chi connectivity index (χ4v) is 2.77. The van der Waals surface area contributed by atoms with Crippen LogP contribution in [0.4, 0.5) is 5.69 Å². The van der Waals surface area contributed by atoms with Gasteiger partial charge in [0.2, 0.25) is 5.91 Å². The first-order valence-electron chi connectivity index (χ1n) is 8.44. The molecule has 1 amide bonds. The maximum atomic E-state index is 12.5. The highest BCUT2D eigenvalue weighted by molar-refractivity contribution is 5.83. The van der Waals surface area contributed by atoms with Gasteiger partial charge in [0.15, 0.2) is 0 Å². The summed E-state index contributed by atoms with van der Waals surface area (Å²) in [7, 11) is 0. The van der Waals surface area contributed by atoms with Gasteiger partial charge in [-0.15, -0.1) is 0 Å². The van der Waals surface area contributed by atoms with E-state index in [-0.39, 0.29) is 18.0 Å². The molecule has 0 radical (unpaired) electrons. The van der Waals surface area contributed by atoms with Gasteiger partial charge >= 0.3 is 0 Å². The number of fused-ring (bicyclic) bond motifs is 1. The Bertz CT molecular complexity index is 997. The summed E-state index contributed by atoms with van der Waals surface area (Å²) in [5.41, 5.74) is 2.49. The summed E-state index contributed by atoms with van der Waals surface area (Å²) >= 11 is 0.